The van der Waals surface area contributed by atoms with E-state index in [4.69, 9.17) is 0 Å². The molecule has 1 N–H and O–H groups in total. The molecule has 0 saturated heterocycles. The lowest BCUT2D eigenvalue weighted by atomic mass is 10.2. The normalized spacial score (nSPS) is 10.6. The van der Waals surface area contributed by atoms with Crippen LogP contribution in [-0.4, -0.2) is 20.8 Å². The first-order chi connectivity index (χ1) is 10.4. The number of nitrogens with one attached hydrogen (secondary N) is 1. The number of anilines is 1. The molecule has 0 bridgehead atoms. The van der Waals surface area contributed by atoms with Crippen molar-refractivity contribution in [1.82, 2.24) is 9.97 Å². The number of hydrogen-bond donors (Lipinski definition) is 1. The van der Waals surface area contributed by atoms with Crippen molar-refractivity contribution in [3.05, 3.63) is 63.5 Å². The molecule has 2 rings (SSSR count). The average molecular weight is 298 g/mol. The smallest absolute Gasteiger partial charge is 0.270 e. The molecule has 0 unspecified atom stereocenters. The van der Waals surface area contributed by atoms with Gasteiger partial charge in [0, 0.05) is 29.6 Å². The Kier molecular flexibility index (Phi) is 4.57. The van der Waals surface area contributed by atoms with Gasteiger partial charge < -0.3 is 0 Å². The first-order valence-corrected chi connectivity index (χ1v) is 6.50. The summed E-state index contributed by atoms with van der Waals surface area (Å²) in [5, 5.41) is 13.2. The van der Waals surface area contributed by atoms with Gasteiger partial charge in [0.05, 0.1) is 4.92 Å². The number of aromatic nitrogens is 2. The summed E-state index contributed by atoms with van der Waals surface area (Å²) in [4.78, 5) is 30.2. The van der Waals surface area contributed by atoms with Gasteiger partial charge in [0.25, 0.3) is 11.6 Å². The number of nitro groups is 1. The molecule has 0 fully saturated rings. The highest BCUT2D eigenvalue weighted by Gasteiger charge is 2.05. The van der Waals surface area contributed by atoms with Gasteiger partial charge in [-0.3, -0.25) is 20.2 Å². The summed E-state index contributed by atoms with van der Waals surface area (Å²) in [7, 11) is 0. The second kappa shape index (κ2) is 6.57. The van der Waals surface area contributed by atoms with E-state index in [9.17, 15) is 14.9 Å². The van der Waals surface area contributed by atoms with E-state index in [1.807, 2.05) is 13.8 Å². The number of carbonyl (C=O) groups excluding carboxylic acids is 1. The molecule has 22 heavy (non-hydrogen) atoms. The van der Waals surface area contributed by atoms with E-state index in [-0.39, 0.29) is 11.6 Å². The van der Waals surface area contributed by atoms with Gasteiger partial charge in [-0.15, -0.1) is 0 Å². The fourth-order valence-corrected chi connectivity index (χ4v) is 1.85. The highest BCUT2D eigenvalue weighted by atomic mass is 16.6. The molecule has 2 aromatic rings. The lowest BCUT2D eigenvalue weighted by Gasteiger charge is -2.02. The maximum Gasteiger partial charge on any atom is 0.270 e. The van der Waals surface area contributed by atoms with Crippen LogP contribution in [-0.2, 0) is 4.79 Å². The fourth-order valence-electron chi connectivity index (χ4n) is 1.85. The van der Waals surface area contributed by atoms with Crippen molar-refractivity contribution < 1.29 is 9.72 Å². The Balaban J connectivity index is 2.08. The molecule has 0 aliphatic rings. The molecule has 0 saturated carbocycles. The van der Waals surface area contributed by atoms with E-state index in [1.54, 1.807) is 18.2 Å². The molecule has 0 spiro atoms. The van der Waals surface area contributed by atoms with Crippen molar-refractivity contribution in [2.75, 3.05) is 5.32 Å². The standard InChI is InChI=1S/C15H14N4O3/c1-10-8-11(2)17-15(16-10)18-14(20)7-6-12-4-3-5-13(9-12)19(21)22/h3-9H,1-2H3,(H,16,17,18,20). The second-order valence-electron chi connectivity index (χ2n) is 4.65. The van der Waals surface area contributed by atoms with Crippen LogP contribution in [0, 0.1) is 24.0 Å². The molecule has 1 amide bonds. The lowest BCUT2D eigenvalue weighted by Crippen LogP contribution is -2.11. The van der Waals surface area contributed by atoms with E-state index < -0.39 is 10.8 Å². The maximum absolute atomic E-state index is 11.8. The third-order valence-electron chi connectivity index (χ3n) is 2.73. The maximum atomic E-state index is 11.8. The molecule has 7 heteroatoms. The lowest BCUT2D eigenvalue weighted by molar-refractivity contribution is -0.384. The minimum atomic E-state index is -0.485. The van der Waals surface area contributed by atoms with Crippen LogP contribution in [0.2, 0.25) is 0 Å². The number of rotatable bonds is 4. The Morgan fingerprint density at radius 3 is 2.55 bits per heavy atom. The largest absolute Gasteiger partial charge is 0.291 e. The van der Waals surface area contributed by atoms with Crippen molar-refractivity contribution in [2.24, 2.45) is 0 Å². The van der Waals surface area contributed by atoms with Crippen LogP contribution in [0.3, 0.4) is 0 Å². The zero-order valence-corrected chi connectivity index (χ0v) is 12.1. The van der Waals surface area contributed by atoms with Crippen molar-refractivity contribution in [2.45, 2.75) is 13.8 Å². The van der Waals surface area contributed by atoms with Gasteiger partial charge in [0.2, 0.25) is 5.95 Å². The first-order valence-electron chi connectivity index (χ1n) is 6.50. The summed E-state index contributed by atoms with van der Waals surface area (Å²) in [6.07, 6.45) is 2.77. The summed E-state index contributed by atoms with van der Waals surface area (Å²) < 4.78 is 0. The average Bonchev–Trinajstić information content (AvgIpc) is 2.44. The number of nitrogens with zero attached hydrogens (tertiary/aromatic N) is 3. The Bertz CT molecular complexity index is 736. The van der Waals surface area contributed by atoms with Gasteiger partial charge >= 0.3 is 0 Å². The van der Waals surface area contributed by atoms with Crippen molar-refractivity contribution in [1.29, 1.82) is 0 Å². The second-order valence-corrected chi connectivity index (χ2v) is 4.65. The quantitative estimate of drug-likeness (QED) is 0.531. The number of nitro benzene ring substituents is 1. The third kappa shape index (κ3) is 4.20. The predicted octanol–water partition coefficient (Wildman–Crippen LogP) is 2.65. The van der Waals surface area contributed by atoms with E-state index >= 15 is 0 Å². The highest BCUT2D eigenvalue weighted by molar-refractivity contribution is 6.00. The monoisotopic (exact) mass is 298 g/mol. The van der Waals surface area contributed by atoms with E-state index in [0.29, 0.717) is 5.56 Å². The molecule has 7 nitrogen and oxygen atoms in total. The Morgan fingerprint density at radius 1 is 1.23 bits per heavy atom. The zero-order valence-electron chi connectivity index (χ0n) is 12.1. The summed E-state index contributed by atoms with van der Waals surface area (Å²) >= 11 is 0. The van der Waals surface area contributed by atoms with E-state index in [0.717, 1.165) is 11.4 Å². The molecule has 0 aliphatic carbocycles. The minimum Gasteiger partial charge on any atom is -0.291 e. The molecule has 0 aliphatic heterocycles. The Hall–Kier alpha value is -3.09. The van der Waals surface area contributed by atoms with E-state index in [2.05, 4.69) is 15.3 Å². The molecule has 1 aromatic heterocycles. The summed E-state index contributed by atoms with van der Waals surface area (Å²) in [5.74, 6) is -0.178. The molecular formula is C15H14N4O3. The topological polar surface area (TPSA) is 98.0 Å². The number of hydrogen-bond acceptors (Lipinski definition) is 5. The number of aryl methyl sites for hydroxylation is 2. The van der Waals surface area contributed by atoms with Crippen LogP contribution >= 0.6 is 0 Å². The van der Waals surface area contributed by atoms with Crippen molar-refractivity contribution in [3.63, 3.8) is 0 Å². The molecule has 1 heterocycles. The number of amides is 1. The molecular weight excluding hydrogens is 284 g/mol. The van der Waals surface area contributed by atoms with E-state index in [1.165, 1.54) is 24.3 Å². The van der Waals surface area contributed by atoms with Crippen LogP contribution < -0.4 is 5.32 Å². The van der Waals surface area contributed by atoms with Gasteiger partial charge in [0.15, 0.2) is 0 Å². The van der Waals surface area contributed by atoms with Gasteiger partial charge in [-0.2, -0.15) is 0 Å². The van der Waals surface area contributed by atoms with Crippen LogP contribution in [0.1, 0.15) is 17.0 Å². The van der Waals surface area contributed by atoms with Gasteiger partial charge in [-0.1, -0.05) is 12.1 Å². The zero-order chi connectivity index (χ0) is 16.1. The Morgan fingerprint density at radius 2 is 1.91 bits per heavy atom. The minimum absolute atomic E-state index is 0.0276. The molecule has 112 valence electrons. The van der Waals surface area contributed by atoms with Crippen LogP contribution in [0.4, 0.5) is 11.6 Å². The number of non-ortho nitro benzene ring substituents is 1. The number of benzene rings is 1. The van der Waals surface area contributed by atoms with Crippen LogP contribution in [0.15, 0.2) is 36.4 Å². The van der Waals surface area contributed by atoms with Crippen LogP contribution in [0.25, 0.3) is 6.08 Å². The SMILES string of the molecule is Cc1cc(C)nc(NC(=O)C=Cc2cccc([N+](=O)[O-])c2)n1. The predicted molar refractivity (Wildman–Crippen MR) is 82.3 cm³/mol. The van der Waals surface area contributed by atoms with Crippen molar-refractivity contribution in [3.8, 4) is 0 Å². The van der Waals surface area contributed by atoms with Gasteiger partial charge in [0.1, 0.15) is 0 Å². The molecule has 0 atom stereocenters. The fraction of sp³-hybridized carbons (Fsp3) is 0.133. The first kappa shape index (κ1) is 15.3. The van der Waals surface area contributed by atoms with Gasteiger partial charge in [-0.25, -0.2) is 9.97 Å². The highest BCUT2D eigenvalue weighted by Crippen LogP contribution is 2.14. The van der Waals surface area contributed by atoms with Crippen LogP contribution in [0.5, 0.6) is 0 Å². The Labute approximate surface area is 126 Å². The third-order valence-corrected chi connectivity index (χ3v) is 2.73. The molecule has 0 radical (unpaired) electrons. The number of carbonyl (C=O) groups is 1. The summed E-state index contributed by atoms with van der Waals surface area (Å²) in [6, 6.07) is 7.80. The van der Waals surface area contributed by atoms with Gasteiger partial charge in [-0.05, 0) is 31.6 Å². The molecule has 1 aromatic carbocycles. The summed E-state index contributed by atoms with van der Waals surface area (Å²) in [6.45, 7) is 3.62. The summed E-state index contributed by atoms with van der Waals surface area (Å²) in [5.41, 5.74) is 2.04. The van der Waals surface area contributed by atoms with Crippen molar-refractivity contribution >= 4 is 23.6 Å².